The first kappa shape index (κ1) is 20.3. The molecule has 3 N–H and O–H groups in total. The molecule has 0 bridgehead atoms. The molecule has 1 aliphatic carbocycles. The smallest absolute Gasteiger partial charge is 0.224 e. The van der Waals surface area contributed by atoms with E-state index in [1.165, 1.54) is 11.1 Å². The van der Waals surface area contributed by atoms with E-state index < -0.39 is 0 Å². The van der Waals surface area contributed by atoms with E-state index in [4.69, 9.17) is 0 Å². The first-order chi connectivity index (χ1) is 14.5. The topological polar surface area (TPSA) is 106 Å². The number of hydrogen-bond donors (Lipinski definition) is 3. The quantitative estimate of drug-likeness (QED) is 0.680. The van der Waals surface area contributed by atoms with Gasteiger partial charge in [-0.1, -0.05) is 38.1 Å². The molecule has 2 aromatic rings. The molecule has 1 fully saturated rings. The molecule has 1 aromatic carbocycles. The second kappa shape index (κ2) is 8.41. The third-order valence-electron chi connectivity index (χ3n) is 6.13. The minimum atomic E-state index is -0.294. The molecular weight excluding hydrogens is 376 g/mol. The van der Waals surface area contributed by atoms with Gasteiger partial charge in [-0.15, -0.1) is 0 Å². The second-order valence-corrected chi connectivity index (χ2v) is 8.79. The zero-order valence-electron chi connectivity index (χ0n) is 17.5. The summed E-state index contributed by atoms with van der Waals surface area (Å²) < 4.78 is 0. The zero-order chi connectivity index (χ0) is 21.1. The van der Waals surface area contributed by atoms with Crippen LogP contribution in [0.4, 0.5) is 11.8 Å². The predicted molar refractivity (Wildman–Crippen MR) is 118 cm³/mol. The van der Waals surface area contributed by atoms with Crippen molar-refractivity contribution >= 4 is 17.5 Å². The number of aromatic nitrogens is 2. The van der Waals surface area contributed by atoms with Crippen LogP contribution in [-0.4, -0.2) is 39.5 Å². The summed E-state index contributed by atoms with van der Waals surface area (Å²) in [5.41, 5.74) is 3.88. The summed E-state index contributed by atoms with van der Waals surface area (Å²) in [6, 6.07) is 10.7. The number of anilines is 2. The molecular formula is C23H28N6O. The molecule has 2 aliphatic rings. The van der Waals surface area contributed by atoms with E-state index in [1.807, 2.05) is 12.1 Å². The first-order valence-electron chi connectivity index (χ1n) is 10.5. The van der Waals surface area contributed by atoms with Gasteiger partial charge in [0.05, 0.1) is 18.8 Å². The van der Waals surface area contributed by atoms with Crippen LogP contribution in [0.3, 0.4) is 0 Å². The molecule has 0 saturated heterocycles. The van der Waals surface area contributed by atoms with E-state index in [2.05, 4.69) is 57.6 Å². The Hall–Kier alpha value is -2.98. The lowest BCUT2D eigenvalue weighted by Crippen LogP contribution is -2.41. The number of nitriles is 1. The molecule has 2 atom stereocenters. The maximum absolute atomic E-state index is 10.2. The van der Waals surface area contributed by atoms with Crippen LogP contribution < -0.4 is 10.6 Å². The Morgan fingerprint density at radius 1 is 1.27 bits per heavy atom. The van der Waals surface area contributed by atoms with E-state index in [0.717, 1.165) is 37.9 Å². The molecule has 0 unspecified atom stereocenters. The number of nitrogens with zero attached hydrogens (tertiary/aromatic N) is 4. The number of aliphatic imine (C=N–C) groups is 1. The summed E-state index contributed by atoms with van der Waals surface area (Å²) in [6.45, 7) is 5.57. The Morgan fingerprint density at radius 3 is 2.90 bits per heavy atom. The summed E-state index contributed by atoms with van der Waals surface area (Å²) in [6.07, 6.45) is 4.47. The third kappa shape index (κ3) is 4.29. The fraction of sp³-hybridized carbons (Fsp3) is 0.478. The van der Waals surface area contributed by atoms with Gasteiger partial charge < -0.3 is 15.7 Å². The van der Waals surface area contributed by atoms with Gasteiger partial charge in [-0.25, -0.2) is 4.98 Å². The highest BCUT2D eigenvalue weighted by Gasteiger charge is 2.35. The SMILES string of the molecule is CC1(C)C[C@H](Nc2nc(NCCC3=NCc4ccccc43)ncc2C#N)CC[C@@H]1O. The van der Waals surface area contributed by atoms with Crippen LogP contribution in [0, 0.1) is 16.7 Å². The van der Waals surface area contributed by atoms with Crippen LogP contribution in [0.1, 0.15) is 56.2 Å². The summed E-state index contributed by atoms with van der Waals surface area (Å²) in [5.74, 6) is 1.05. The number of benzene rings is 1. The summed E-state index contributed by atoms with van der Waals surface area (Å²) in [4.78, 5) is 13.5. The molecule has 1 saturated carbocycles. The summed E-state index contributed by atoms with van der Waals surface area (Å²) >= 11 is 0. The lowest BCUT2D eigenvalue weighted by Gasteiger charge is -2.40. The summed E-state index contributed by atoms with van der Waals surface area (Å²) in [7, 11) is 0. The number of rotatable bonds is 6. The van der Waals surface area contributed by atoms with E-state index >= 15 is 0 Å². The van der Waals surface area contributed by atoms with E-state index in [-0.39, 0.29) is 17.6 Å². The van der Waals surface area contributed by atoms with Crippen LogP contribution in [0.2, 0.25) is 0 Å². The number of nitrogens with one attached hydrogen (secondary N) is 2. The van der Waals surface area contributed by atoms with Crippen LogP contribution in [0.5, 0.6) is 0 Å². The van der Waals surface area contributed by atoms with Crippen molar-refractivity contribution in [2.45, 2.75) is 58.2 Å². The number of aliphatic hydroxyl groups excluding tert-OH is 1. The average molecular weight is 405 g/mol. The van der Waals surface area contributed by atoms with Gasteiger partial charge in [-0.3, -0.25) is 4.99 Å². The number of fused-ring (bicyclic) bond motifs is 1. The van der Waals surface area contributed by atoms with Gasteiger partial charge >= 0.3 is 0 Å². The number of aliphatic hydroxyl groups is 1. The van der Waals surface area contributed by atoms with Gasteiger partial charge in [-0.05, 0) is 30.2 Å². The Kier molecular flexibility index (Phi) is 5.69. The van der Waals surface area contributed by atoms with Crippen molar-refractivity contribution in [2.24, 2.45) is 10.4 Å². The minimum Gasteiger partial charge on any atom is -0.393 e. The fourth-order valence-corrected chi connectivity index (χ4v) is 4.31. The van der Waals surface area contributed by atoms with Gasteiger partial charge in [0.25, 0.3) is 0 Å². The lowest BCUT2D eigenvalue weighted by molar-refractivity contribution is 0.00926. The van der Waals surface area contributed by atoms with Crippen molar-refractivity contribution in [3.63, 3.8) is 0 Å². The normalized spacial score (nSPS) is 22.0. The summed E-state index contributed by atoms with van der Waals surface area (Å²) in [5, 5.41) is 26.3. The van der Waals surface area contributed by atoms with Crippen molar-refractivity contribution in [1.29, 1.82) is 5.26 Å². The minimum absolute atomic E-state index is 0.158. The van der Waals surface area contributed by atoms with Gasteiger partial charge in [0.15, 0.2) is 0 Å². The Bertz CT molecular complexity index is 993. The fourth-order valence-electron chi connectivity index (χ4n) is 4.31. The van der Waals surface area contributed by atoms with Crippen molar-refractivity contribution < 1.29 is 5.11 Å². The highest BCUT2D eigenvalue weighted by molar-refractivity contribution is 6.03. The lowest BCUT2D eigenvalue weighted by atomic mass is 9.73. The van der Waals surface area contributed by atoms with Crippen molar-refractivity contribution in [2.75, 3.05) is 17.2 Å². The molecule has 4 rings (SSSR count). The van der Waals surface area contributed by atoms with Crippen LogP contribution in [0.25, 0.3) is 0 Å². The molecule has 0 amide bonds. The third-order valence-corrected chi connectivity index (χ3v) is 6.13. The maximum Gasteiger partial charge on any atom is 0.224 e. The molecule has 1 aliphatic heterocycles. The second-order valence-electron chi connectivity index (χ2n) is 8.79. The van der Waals surface area contributed by atoms with Crippen molar-refractivity contribution in [3.8, 4) is 6.07 Å². The molecule has 156 valence electrons. The van der Waals surface area contributed by atoms with Gasteiger partial charge in [0, 0.05) is 30.3 Å². The Balaban J connectivity index is 1.39. The van der Waals surface area contributed by atoms with E-state index in [9.17, 15) is 10.4 Å². The molecule has 7 nitrogen and oxygen atoms in total. The maximum atomic E-state index is 10.2. The Morgan fingerprint density at radius 2 is 2.10 bits per heavy atom. The molecule has 2 heterocycles. The molecule has 30 heavy (non-hydrogen) atoms. The van der Waals surface area contributed by atoms with Crippen molar-refractivity contribution in [3.05, 3.63) is 47.2 Å². The largest absolute Gasteiger partial charge is 0.393 e. The average Bonchev–Trinajstić information content (AvgIpc) is 3.14. The van der Waals surface area contributed by atoms with E-state index in [1.54, 1.807) is 6.20 Å². The van der Waals surface area contributed by atoms with Crippen molar-refractivity contribution in [1.82, 2.24) is 9.97 Å². The molecule has 0 radical (unpaired) electrons. The molecule has 0 spiro atoms. The number of hydrogen-bond acceptors (Lipinski definition) is 7. The highest BCUT2D eigenvalue weighted by Crippen LogP contribution is 2.37. The van der Waals surface area contributed by atoms with Crippen LogP contribution in [0.15, 0.2) is 35.5 Å². The predicted octanol–water partition coefficient (Wildman–Crippen LogP) is 3.50. The van der Waals surface area contributed by atoms with E-state index in [0.29, 0.717) is 23.9 Å². The first-order valence-corrected chi connectivity index (χ1v) is 10.5. The van der Waals surface area contributed by atoms with Gasteiger partial charge in [-0.2, -0.15) is 10.2 Å². The van der Waals surface area contributed by atoms with Gasteiger partial charge in [0.1, 0.15) is 17.5 Å². The van der Waals surface area contributed by atoms with Gasteiger partial charge in [0.2, 0.25) is 5.95 Å². The van der Waals surface area contributed by atoms with Crippen LogP contribution >= 0.6 is 0 Å². The molecule has 1 aromatic heterocycles. The standard InChI is InChI=1S/C23H28N6O/c1-23(2)11-17(7-8-20(23)30)28-21-16(12-24)14-27-22(29-21)25-10-9-19-18-6-4-3-5-15(18)13-26-19/h3-6,14,17,20,30H,7-11,13H2,1-2H3,(H2,25,27,28,29)/t17-,20+/m1/s1. The van der Waals surface area contributed by atoms with Crippen LogP contribution in [-0.2, 0) is 6.54 Å². The monoisotopic (exact) mass is 404 g/mol. The highest BCUT2D eigenvalue weighted by atomic mass is 16.3. The Labute approximate surface area is 177 Å². The zero-order valence-corrected chi connectivity index (χ0v) is 17.5. The molecule has 7 heteroatoms.